The third kappa shape index (κ3) is 4.67. The molecular formula is C17H22N4O2. The first-order valence-corrected chi connectivity index (χ1v) is 7.76. The highest BCUT2D eigenvalue weighted by Gasteiger charge is 2.14. The van der Waals surface area contributed by atoms with Gasteiger partial charge in [-0.05, 0) is 26.0 Å². The average molecular weight is 314 g/mol. The van der Waals surface area contributed by atoms with Crippen molar-refractivity contribution in [2.75, 3.05) is 13.1 Å². The monoisotopic (exact) mass is 314 g/mol. The highest BCUT2D eigenvalue weighted by atomic mass is 16.2. The zero-order valence-corrected chi connectivity index (χ0v) is 13.5. The number of aryl methyl sites for hydroxylation is 1. The normalized spacial score (nSPS) is 10.3. The quantitative estimate of drug-likeness (QED) is 0.845. The molecule has 6 nitrogen and oxygen atoms in total. The average Bonchev–Trinajstić information content (AvgIpc) is 3.05. The van der Waals surface area contributed by atoms with Crippen LogP contribution in [0.1, 0.15) is 29.8 Å². The molecule has 0 bridgehead atoms. The third-order valence-electron chi connectivity index (χ3n) is 3.55. The molecule has 1 heterocycles. The number of nitrogens with zero attached hydrogens (tertiary/aromatic N) is 3. The van der Waals surface area contributed by atoms with E-state index in [9.17, 15) is 9.59 Å². The lowest BCUT2D eigenvalue weighted by Gasteiger charge is -2.20. The van der Waals surface area contributed by atoms with E-state index in [1.807, 2.05) is 30.8 Å². The SMILES string of the molecule is CCN(Cc1cnn(CC)c1)C(=O)CNC(=O)c1ccccc1. The van der Waals surface area contributed by atoms with Crippen LogP contribution in [0.2, 0.25) is 0 Å². The molecule has 0 aliphatic heterocycles. The number of amides is 2. The number of hydrogen-bond acceptors (Lipinski definition) is 3. The largest absolute Gasteiger partial charge is 0.343 e. The van der Waals surface area contributed by atoms with E-state index in [1.54, 1.807) is 35.4 Å². The van der Waals surface area contributed by atoms with Crippen molar-refractivity contribution in [1.82, 2.24) is 20.0 Å². The van der Waals surface area contributed by atoms with Crippen LogP contribution >= 0.6 is 0 Å². The van der Waals surface area contributed by atoms with E-state index >= 15 is 0 Å². The number of benzene rings is 1. The Kier molecular flexibility index (Phi) is 5.91. The lowest BCUT2D eigenvalue weighted by molar-refractivity contribution is -0.130. The lowest BCUT2D eigenvalue weighted by Crippen LogP contribution is -2.39. The van der Waals surface area contributed by atoms with E-state index in [0.717, 1.165) is 12.1 Å². The summed E-state index contributed by atoms with van der Waals surface area (Å²) in [6.07, 6.45) is 3.69. The topological polar surface area (TPSA) is 67.2 Å². The predicted molar refractivity (Wildman–Crippen MR) is 87.8 cm³/mol. The number of carbonyl (C=O) groups excluding carboxylic acids is 2. The summed E-state index contributed by atoms with van der Waals surface area (Å²) < 4.78 is 1.82. The maximum absolute atomic E-state index is 12.3. The fourth-order valence-electron chi connectivity index (χ4n) is 2.22. The maximum Gasteiger partial charge on any atom is 0.251 e. The first kappa shape index (κ1) is 16.7. The van der Waals surface area contributed by atoms with Gasteiger partial charge in [-0.3, -0.25) is 14.3 Å². The Morgan fingerprint density at radius 3 is 2.57 bits per heavy atom. The van der Waals surface area contributed by atoms with Crippen LogP contribution in [0.4, 0.5) is 0 Å². The Balaban J connectivity index is 1.88. The van der Waals surface area contributed by atoms with Crippen LogP contribution in [0.25, 0.3) is 0 Å². The van der Waals surface area contributed by atoms with Crippen LogP contribution in [-0.2, 0) is 17.9 Å². The molecule has 6 heteroatoms. The Morgan fingerprint density at radius 2 is 1.96 bits per heavy atom. The summed E-state index contributed by atoms with van der Waals surface area (Å²) in [5.74, 6) is -0.352. The van der Waals surface area contributed by atoms with Gasteiger partial charge in [0.15, 0.2) is 0 Å². The van der Waals surface area contributed by atoms with Crippen molar-refractivity contribution in [2.24, 2.45) is 0 Å². The van der Waals surface area contributed by atoms with Crippen LogP contribution in [0.5, 0.6) is 0 Å². The van der Waals surface area contributed by atoms with Gasteiger partial charge in [-0.15, -0.1) is 0 Å². The van der Waals surface area contributed by atoms with E-state index in [1.165, 1.54) is 0 Å². The molecule has 1 N–H and O–H groups in total. The van der Waals surface area contributed by atoms with E-state index in [2.05, 4.69) is 10.4 Å². The predicted octanol–water partition coefficient (Wildman–Crippen LogP) is 1.68. The summed E-state index contributed by atoms with van der Waals surface area (Å²) in [6.45, 7) is 5.80. The zero-order chi connectivity index (χ0) is 16.7. The molecule has 0 fully saturated rings. The van der Waals surface area contributed by atoms with Crippen molar-refractivity contribution in [2.45, 2.75) is 26.9 Å². The van der Waals surface area contributed by atoms with E-state index in [4.69, 9.17) is 0 Å². The third-order valence-corrected chi connectivity index (χ3v) is 3.55. The first-order valence-electron chi connectivity index (χ1n) is 7.76. The van der Waals surface area contributed by atoms with Gasteiger partial charge in [0.1, 0.15) is 0 Å². The molecule has 0 radical (unpaired) electrons. The molecular weight excluding hydrogens is 292 g/mol. The molecule has 0 spiro atoms. The van der Waals surface area contributed by atoms with Gasteiger partial charge in [0.2, 0.25) is 5.91 Å². The number of nitrogens with one attached hydrogen (secondary N) is 1. The van der Waals surface area contributed by atoms with Crippen molar-refractivity contribution in [3.05, 3.63) is 53.9 Å². The smallest absolute Gasteiger partial charge is 0.251 e. The molecule has 0 saturated heterocycles. The number of rotatable bonds is 7. The van der Waals surface area contributed by atoms with E-state index < -0.39 is 0 Å². The van der Waals surface area contributed by atoms with Gasteiger partial charge in [-0.1, -0.05) is 18.2 Å². The molecule has 0 unspecified atom stereocenters. The molecule has 23 heavy (non-hydrogen) atoms. The summed E-state index contributed by atoms with van der Waals surface area (Å²) >= 11 is 0. The van der Waals surface area contributed by atoms with Gasteiger partial charge < -0.3 is 10.2 Å². The summed E-state index contributed by atoms with van der Waals surface area (Å²) in [5, 5.41) is 6.87. The maximum atomic E-state index is 12.3. The second kappa shape index (κ2) is 8.12. The fourth-order valence-corrected chi connectivity index (χ4v) is 2.22. The van der Waals surface area contributed by atoms with E-state index in [-0.39, 0.29) is 18.4 Å². The summed E-state index contributed by atoms with van der Waals surface area (Å²) in [4.78, 5) is 25.9. The van der Waals surface area contributed by atoms with Gasteiger partial charge in [0.05, 0.1) is 12.7 Å². The number of carbonyl (C=O) groups is 2. The highest BCUT2D eigenvalue weighted by Crippen LogP contribution is 2.04. The van der Waals surface area contributed by atoms with Crippen molar-refractivity contribution >= 4 is 11.8 Å². The van der Waals surface area contributed by atoms with Crippen molar-refractivity contribution < 1.29 is 9.59 Å². The van der Waals surface area contributed by atoms with Gasteiger partial charge in [-0.25, -0.2) is 0 Å². The van der Waals surface area contributed by atoms with Gasteiger partial charge in [-0.2, -0.15) is 5.10 Å². The Labute approximate surface area is 136 Å². The fraction of sp³-hybridized carbons (Fsp3) is 0.353. The van der Waals surface area contributed by atoms with E-state index in [0.29, 0.717) is 18.7 Å². The lowest BCUT2D eigenvalue weighted by atomic mass is 10.2. The molecule has 2 rings (SSSR count). The van der Waals surface area contributed by atoms with Crippen molar-refractivity contribution in [3.63, 3.8) is 0 Å². The molecule has 1 aromatic heterocycles. The molecule has 0 atom stereocenters. The van der Waals surface area contributed by atoms with Crippen LogP contribution in [0.3, 0.4) is 0 Å². The highest BCUT2D eigenvalue weighted by molar-refractivity contribution is 5.96. The summed E-state index contributed by atoms with van der Waals surface area (Å²) in [7, 11) is 0. The number of hydrogen-bond donors (Lipinski definition) is 1. The van der Waals surface area contributed by atoms with Gasteiger partial charge >= 0.3 is 0 Å². The molecule has 122 valence electrons. The second-order valence-corrected chi connectivity index (χ2v) is 5.16. The summed E-state index contributed by atoms with van der Waals surface area (Å²) in [5.41, 5.74) is 1.53. The molecule has 2 aromatic rings. The number of aromatic nitrogens is 2. The molecule has 2 amide bonds. The van der Waals surface area contributed by atoms with Crippen LogP contribution in [0, 0.1) is 0 Å². The Hall–Kier alpha value is -2.63. The molecule has 1 aromatic carbocycles. The minimum Gasteiger partial charge on any atom is -0.343 e. The van der Waals surface area contributed by atoms with Crippen LogP contribution in [-0.4, -0.2) is 39.6 Å². The summed E-state index contributed by atoms with van der Waals surface area (Å²) in [6, 6.07) is 8.87. The van der Waals surface area contributed by atoms with Gasteiger partial charge in [0, 0.05) is 37.0 Å². The standard InChI is InChI=1S/C17H22N4O2/c1-3-20(12-14-10-19-21(4-2)13-14)16(22)11-18-17(23)15-8-6-5-7-9-15/h5-10,13H,3-4,11-12H2,1-2H3,(H,18,23). The Bertz CT molecular complexity index is 652. The number of likely N-dealkylation sites (N-methyl/N-ethyl adjacent to an activating group) is 1. The first-order chi connectivity index (χ1) is 11.1. The molecule has 0 aliphatic rings. The molecule has 0 aliphatic carbocycles. The van der Waals surface area contributed by atoms with Crippen LogP contribution < -0.4 is 5.32 Å². The minimum absolute atomic E-state index is 0.0104. The van der Waals surface area contributed by atoms with Crippen molar-refractivity contribution in [3.8, 4) is 0 Å². The zero-order valence-electron chi connectivity index (χ0n) is 13.5. The Morgan fingerprint density at radius 1 is 1.22 bits per heavy atom. The second-order valence-electron chi connectivity index (χ2n) is 5.16. The van der Waals surface area contributed by atoms with Gasteiger partial charge in [0.25, 0.3) is 5.91 Å². The minimum atomic E-state index is -0.242. The van der Waals surface area contributed by atoms with Crippen LogP contribution in [0.15, 0.2) is 42.7 Å². The van der Waals surface area contributed by atoms with Crippen molar-refractivity contribution in [1.29, 1.82) is 0 Å². The molecule has 0 saturated carbocycles.